The van der Waals surface area contributed by atoms with Crippen LogP contribution in [0.25, 0.3) is 0 Å². The molecule has 7 atom stereocenters. The second-order valence-electron chi connectivity index (χ2n) is 10.3. The van der Waals surface area contributed by atoms with Gasteiger partial charge in [0.15, 0.2) is 0 Å². The van der Waals surface area contributed by atoms with Gasteiger partial charge in [0.1, 0.15) is 0 Å². The average molecular weight is 306 g/mol. The van der Waals surface area contributed by atoms with E-state index in [1.807, 2.05) is 0 Å². The monoisotopic (exact) mass is 306 g/mol. The third-order valence-electron chi connectivity index (χ3n) is 9.09. The molecule has 2 N–H and O–H groups in total. The molecule has 1 spiro atoms. The Morgan fingerprint density at radius 3 is 2.41 bits per heavy atom. The Morgan fingerprint density at radius 2 is 1.68 bits per heavy atom. The van der Waals surface area contributed by atoms with Gasteiger partial charge < -0.3 is 10.2 Å². The molecule has 4 aliphatic carbocycles. The molecule has 2 nitrogen and oxygen atoms in total. The highest BCUT2D eigenvalue weighted by molar-refractivity contribution is 5.16. The number of hydrogen-bond donors (Lipinski definition) is 2. The van der Waals surface area contributed by atoms with E-state index in [1.54, 1.807) is 0 Å². The number of rotatable bonds is 1. The molecule has 0 radical (unpaired) electrons. The molecule has 4 fully saturated rings. The highest BCUT2D eigenvalue weighted by Gasteiger charge is 2.66. The minimum absolute atomic E-state index is 0.0783. The predicted molar refractivity (Wildman–Crippen MR) is 88.4 cm³/mol. The van der Waals surface area contributed by atoms with Gasteiger partial charge in [-0.3, -0.25) is 0 Å². The highest BCUT2D eigenvalue weighted by Crippen LogP contribution is 2.73. The van der Waals surface area contributed by atoms with Crippen LogP contribution < -0.4 is 0 Å². The zero-order valence-corrected chi connectivity index (χ0v) is 14.7. The van der Waals surface area contributed by atoms with Crippen LogP contribution in [-0.4, -0.2) is 22.9 Å². The van der Waals surface area contributed by atoms with E-state index in [2.05, 4.69) is 20.8 Å². The van der Waals surface area contributed by atoms with Gasteiger partial charge in [-0.1, -0.05) is 27.2 Å². The summed E-state index contributed by atoms with van der Waals surface area (Å²) in [6.45, 7) is 7.57. The van der Waals surface area contributed by atoms with Crippen LogP contribution in [0.1, 0.15) is 78.6 Å². The lowest BCUT2D eigenvalue weighted by Crippen LogP contribution is -2.57. The molecule has 126 valence electrons. The van der Waals surface area contributed by atoms with Gasteiger partial charge in [0, 0.05) is 6.61 Å². The molecule has 2 bridgehead atoms. The van der Waals surface area contributed by atoms with E-state index in [0.717, 1.165) is 12.3 Å². The Bertz CT molecular complexity index is 476. The molecule has 0 aromatic rings. The van der Waals surface area contributed by atoms with Gasteiger partial charge in [0.2, 0.25) is 0 Å². The van der Waals surface area contributed by atoms with Crippen molar-refractivity contribution in [3.8, 4) is 0 Å². The Labute approximate surface area is 135 Å². The SMILES string of the molecule is C[C@@]12CC[C@@H]3C(CC[C@@H]4[C@](C)(CO)CCC[C@@]34C)(C[C@H]1O)C2. The second-order valence-corrected chi connectivity index (χ2v) is 10.3. The molecule has 0 heterocycles. The van der Waals surface area contributed by atoms with Gasteiger partial charge in [-0.05, 0) is 84.9 Å². The van der Waals surface area contributed by atoms with Crippen molar-refractivity contribution in [1.29, 1.82) is 0 Å². The maximum absolute atomic E-state index is 10.7. The van der Waals surface area contributed by atoms with Crippen LogP contribution in [0.2, 0.25) is 0 Å². The summed E-state index contributed by atoms with van der Waals surface area (Å²) in [4.78, 5) is 0. The first-order valence-corrected chi connectivity index (χ1v) is 9.57. The molecule has 1 unspecified atom stereocenters. The molecule has 0 aromatic carbocycles. The third kappa shape index (κ3) is 1.75. The molecule has 2 heteroatoms. The van der Waals surface area contributed by atoms with Crippen LogP contribution in [0, 0.1) is 33.5 Å². The largest absolute Gasteiger partial charge is 0.396 e. The van der Waals surface area contributed by atoms with E-state index in [9.17, 15) is 10.2 Å². The Morgan fingerprint density at radius 1 is 0.955 bits per heavy atom. The summed E-state index contributed by atoms with van der Waals surface area (Å²) in [6.07, 6.45) is 11.1. The van der Waals surface area contributed by atoms with Crippen LogP contribution in [0.15, 0.2) is 0 Å². The fraction of sp³-hybridized carbons (Fsp3) is 1.00. The number of aliphatic hydroxyl groups excluding tert-OH is 2. The van der Waals surface area contributed by atoms with Crippen LogP contribution >= 0.6 is 0 Å². The van der Waals surface area contributed by atoms with E-state index in [0.29, 0.717) is 23.4 Å². The summed E-state index contributed by atoms with van der Waals surface area (Å²) >= 11 is 0. The molecular formula is C20H34O2. The van der Waals surface area contributed by atoms with Gasteiger partial charge in [-0.15, -0.1) is 0 Å². The van der Waals surface area contributed by atoms with E-state index >= 15 is 0 Å². The predicted octanol–water partition coefficient (Wildman–Crippen LogP) is 4.14. The van der Waals surface area contributed by atoms with Gasteiger partial charge in [-0.2, -0.15) is 0 Å². The van der Waals surface area contributed by atoms with Crippen molar-refractivity contribution in [2.24, 2.45) is 33.5 Å². The second kappa shape index (κ2) is 4.51. The lowest BCUT2D eigenvalue weighted by Gasteiger charge is -2.64. The van der Waals surface area contributed by atoms with Crippen LogP contribution in [-0.2, 0) is 0 Å². The Balaban J connectivity index is 1.72. The zero-order chi connectivity index (χ0) is 15.8. The summed E-state index contributed by atoms with van der Waals surface area (Å²) in [6, 6.07) is 0. The minimum Gasteiger partial charge on any atom is -0.396 e. The van der Waals surface area contributed by atoms with E-state index < -0.39 is 0 Å². The van der Waals surface area contributed by atoms with Crippen molar-refractivity contribution in [2.45, 2.75) is 84.7 Å². The Kier molecular flexibility index (Phi) is 3.16. The third-order valence-corrected chi connectivity index (χ3v) is 9.09. The molecule has 0 amide bonds. The summed E-state index contributed by atoms with van der Waals surface area (Å²) in [7, 11) is 0. The number of fused-ring (bicyclic) bond motifs is 3. The van der Waals surface area contributed by atoms with Crippen molar-refractivity contribution >= 4 is 0 Å². The molecule has 0 aromatic heterocycles. The van der Waals surface area contributed by atoms with Gasteiger partial charge in [0.05, 0.1) is 6.10 Å². The summed E-state index contributed by atoms with van der Waals surface area (Å²) in [5.41, 5.74) is 1.12. The lowest BCUT2D eigenvalue weighted by atomic mass is 9.40. The van der Waals surface area contributed by atoms with Crippen molar-refractivity contribution in [2.75, 3.05) is 6.61 Å². The summed E-state index contributed by atoms with van der Waals surface area (Å²) in [5, 5.41) is 20.8. The van der Waals surface area contributed by atoms with Crippen molar-refractivity contribution < 1.29 is 10.2 Å². The molecule has 22 heavy (non-hydrogen) atoms. The maximum Gasteiger partial charge on any atom is 0.0599 e. The zero-order valence-electron chi connectivity index (χ0n) is 14.7. The fourth-order valence-corrected chi connectivity index (χ4v) is 8.05. The van der Waals surface area contributed by atoms with Gasteiger partial charge >= 0.3 is 0 Å². The fourth-order valence-electron chi connectivity index (χ4n) is 8.05. The maximum atomic E-state index is 10.7. The van der Waals surface area contributed by atoms with Gasteiger partial charge in [0.25, 0.3) is 0 Å². The first-order chi connectivity index (χ1) is 10.3. The molecule has 4 aliphatic rings. The van der Waals surface area contributed by atoms with Crippen LogP contribution in [0.5, 0.6) is 0 Å². The smallest absolute Gasteiger partial charge is 0.0599 e. The summed E-state index contributed by atoms with van der Waals surface area (Å²) < 4.78 is 0. The molecule has 0 saturated heterocycles. The van der Waals surface area contributed by atoms with Crippen molar-refractivity contribution in [1.82, 2.24) is 0 Å². The topological polar surface area (TPSA) is 40.5 Å². The first-order valence-electron chi connectivity index (χ1n) is 9.57. The molecular weight excluding hydrogens is 272 g/mol. The van der Waals surface area contributed by atoms with Gasteiger partial charge in [-0.25, -0.2) is 0 Å². The van der Waals surface area contributed by atoms with Crippen LogP contribution in [0.3, 0.4) is 0 Å². The van der Waals surface area contributed by atoms with Crippen LogP contribution in [0.4, 0.5) is 0 Å². The van der Waals surface area contributed by atoms with E-state index in [-0.39, 0.29) is 16.9 Å². The number of aliphatic hydroxyl groups is 2. The van der Waals surface area contributed by atoms with E-state index in [4.69, 9.17) is 0 Å². The molecule has 0 aliphatic heterocycles. The number of hydrogen-bond acceptors (Lipinski definition) is 2. The average Bonchev–Trinajstić information content (AvgIpc) is 2.64. The standard InChI is InChI=1S/C20H34O2/c1-17-9-5-15-19(3)8-4-7-18(2,13-21)14(19)6-10-20(15,12-17)11-16(17)22/h14-16,21-22H,4-13H2,1-3H3/t14-,15+,16-,17+,18+,19-,20?/m1/s1. The summed E-state index contributed by atoms with van der Waals surface area (Å²) in [5.74, 6) is 1.45. The van der Waals surface area contributed by atoms with Crippen molar-refractivity contribution in [3.63, 3.8) is 0 Å². The molecule has 4 saturated carbocycles. The first kappa shape index (κ1) is 15.4. The quantitative estimate of drug-likeness (QED) is 0.764. The van der Waals surface area contributed by atoms with E-state index in [1.165, 1.54) is 51.4 Å². The normalized spacial score (nSPS) is 60.7. The highest BCUT2D eigenvalue weighted by atomic mass is 16.3. The minimum atomic E-state index is -0.0783. The lowest BCUT2D eigenvalue weighted by molar-refractivity contribution is -0.163. The van der Waals surface area contributed by atoms with Crippen molar-refractivity contribution in [3.05, 3.63) is 0 Å². The molecule has 4 rings (SSSR count). The Hall–Kier alpha value is -0.0800.